The molecule has 5 nitrogen and oxygen atoms in total. The summed E-state index contributed by atoms with van der Waals surface area (Å²) in [6, 6.07) is 9.56. The number of hydrogen-bond acceptors (Lipinski definition) is 3. The molecule has 1 N–H and O–H groups in total. The summed E-state index contributed by atoms with van der Waals surface area (Å²) < 4.78 is 19.0. The molecule has 0 radical (unpaired) electrons. The number of hydrogen-bond donors (Lipinski definition) is 1. The molecule has 152 valence electrons. The molecule has 3 heterocycles. The average Bonchev–Trinajstić information content (AvgIpc) is 3.41. The Morgan fingerprint density at radius 2 is 2.10 bits per heavy atom. The van der Waals surface area contributed by atoms with Crippen molar-refractivity contribution in [2.45, 2.75) is 32.4 Å². The lowest BCUT2D eigenvalue weighted by Crippen LogP contribution is -2.24. The monoisotopic (exact) mass is 402 g/mol. The Balaban J connectivity index is 1.63. The summed E-state index contributed by atoms with van der Waals surface area (Å²) in [6.07, 6.45) is 4.20. The van der Waals surface area contributed by atoms with E-state index in [1.54, 1.807) is 6.07 Å². The summed E-state index contributed by atoms with van der Waals surface area (Å²) in [6.45, 7) is 2.86. The van der Waals surface area contributed by atoms with Gasteiger partial charge in [-0.15, -0.1) is 0 Å². The molecule has 0 unspecified atom stereocenters. The third-order valence-electron chi connectivity index (χ3n) is 6.58. The van der Waals surface area contributed by atoms with Crippen molar-refractivity contribution in [1.29, 1.82) is 0 Å². The second-order valence-corrected chi connectivity index (χ2v) is 8.63. The van der Waals surface area contributed by atoms with Gasteiger partial charge in [0, 0.05) is 31.1 Å². The van der Waals surface area contributed by atoms with Gasteiger partial charge in [-0.05, 0) is 61.1 Å². The molecule has 30 heavy (non-hydrogen) atoms. The van der Waals surface area contributed by atoms with Crippen LogP contribution in [0.5, 0.6) is 0 Å². The van der Waals surface area contributed by atoms with Crippen LogP contribution < -0.4 is 5.32 Å². The molecule has 4 aromatic rings. The Bertz CT molecular complexity index is 1330. The number of aryl methyl sites for hydroxylation is 1. The maximum Gasteiger partial charge on any atom is 0.157 e. The quantitative estimate of drug-likeness (QED) is 0.521. The molecule has 2 aromatic heterocycles. The zero-order valence-electron chi connectivity index (χ0n) is 16.9. The van der Waals surface area contributed by atoms with Crippen LogP contribution in [0.25, 0.3) is 33.5 Å². The van der Waals surface area contributed by atoms with Crippen molar-refractivity contribution in [2.24, 2.45) is 13.0 Å². The number of rotatable bonds is 4. The molecule has 1 fully saturated rings. The van der Waals surface area contributed by atoms with E-state index in [1.807, 2.05) is 11.6 Å². The second-order valence-electron chi connectivity index (χ2n) is 8.63. The molecule has 0 saturated heterocycles. The minimum Gasteiger partial charge on any atom is -0.337 e. The summed E-state index contributed by atoms with van der Waals surface area (Å²) in [4.78, 5) is 16.0. The number of carbonyl (C=O) groups is 1. The van der Waals surface area contributed by atoms with Crippen LogP contribution in [0.1, 0.15) is 34.3 Å². The minimum atomic E-state index is -0.413. The van der Waals surface area contributed by atoms with Crippen LogP contribution in [-0.4, -0.2) is 26.9 Å². The average molecular weight is 402 g/mol. The Hall–Kier alpha value is -2.99. The number of aldehydes is 1. The topological polar surface area (TPSA) is 51.9 Å². The van der Waals surface area contributed by atoms with E-state index in [2.05, 4.69) is 28.1 Å². The first-order valence-corrected chi connectivity index (χ1v) is 10.6. The van der Waals surface area contributed by atoms with Crippen molar-refractivity contribution in [3.63, 3.8) is 0 Å². The van der Waals surface area contributed by atoms with Crippen LogP contribution in [0.2, 0.25) is 0 Å². The first kappa shape index (κ1) is 17.8. The van der Waals surface area contributed by atoms with E-state index in [0.717, 1.165) is 37.6 Å². The summed E-state index contributed by atoms with van der Waals surface area (Å²) in [5.74, 6) is 1.03. The highest BCUT2D eigenvalue weighted by molar-refractivity contribution is 5.92. The maximum absolute atomic E-state index is 14.7. The molecule has 0 spiro atoms. The lowest BCUT2D eigenvalue weighted by Gasteiger charge is -2.20. The van der Waals surface area contributed by atoms with E-state index in [1.165, 1.54) is 40.9 Å². The highest BCUT2D eigenvalue weighted by atomic mass is 19.1. The second kappa shape index (κ2) is 6.51. The van der Waals surface area contributed by atoms with Gasteiger partial charge in [0.05, 0.1) is 16.7 Å². The zero-order valence-corrected chi connectivity index (χ0v) is 16.9. The molecule has 2 aromatic carbocycles. The number of nitrogens with one attached hydrogen (secondary N) is 1. The van der Waals surface area contributed by atoms with Gasteiger partial charge in [0.25, 0.3) is 0 Å². The van der Waals surface area contributed by atoms with Crippen molar-refractivity contribution >= 4 is 28.2 Å². The highest BCUT2D eigenvalue weighted by Crippen LogP contribution is 2.38. The van der Waals surface area contributed by atoms with E-state index in [0.29, 0.717) is 28.8 Å². The van der Waals surface area contributed by atoms with Gasteiger partial charge in [-0.1, -0.05) is 12.1 Å². The predicted molar refractivity (Wildman–Crippen MR) is 115 cm³/mol. The van der Waals surface area contributed by atoms with Gasteiger partial charge >= 0.3 is 0 Å². The largest absolute Gasteiger partial charge is 0.337 e. The molecule has 0 bridgehead atoms. The van der Waals surface area contributed by atoms with Gasteiger partial charge in [-0.2, -0.15) is 0 Å². The van der Waals surface area contributed by atoms with Crippen molar-refractivity contribution in [2.75, 3.05) is 6.54 Å². The summed E-state index contributed by atoms with van der Waals surface area (Å²) in [7, 11) is 1.85. The fourth-order valence-electron chi connectivity index (χ4n) is 4.91. The van der Waals surface area contributed by atoms with E-state index in [4.69, 9.17) is 4.98 Å². The van der Waals surface area contributed by atoms with Crippen molar-refractivity contribution in [3.05, 3.63) is 52.8 Å². The standard InChI is InChI=1S/C24H23FN4O/c1-28-23-19(25)8-15(13-30)9-20(23)27-24(28)21-10-16-4-5-17-11-26-7-6-18(17)22(16)29(21)12-14-2-3-14/h4-5,8-10,13-14,26H,2-3,6-7,11-12H2,1H3. The fourth-order valence-corrected chi connectivity index (χ4v) is 4.91. The van der Waals surface area contributed by atoms with Gasteiger partial charge in [0.1, 0.15) is 17.6 Å². The van der Waals surface area contributed by atoms with Crippen molar-refractivity contribution < 1.29 is 9.18 Å². The molecule has 0 atom stereocenters. The molecule has 1 aliphatic carbocycles. The molecular formula is C24H23FN4O. The maximum atomic E-state index is 14.7. The van der Waals surface area contributed by atoms with Crippen LogP contribution in [0.15, 0.2) is 30.3 Å². The lowest BCUT2D eigenvalue weighted by molar-refractivity contribution is 0.112. The van der Waals surface area contributed by atoms with Crippen molar-refractivity contribution in [3.8, 4) is 11.5 Å². The normalized spacial score (nSPS) is 16.3. The predicted octanol–water partition coefficient (Wildman–Crippen LogP) is 4.20. The van der Waals surface area contributed by atoms with Gasteiger partial charge in [0.2, 0.25) is 0 Å². The SMILES string of the molecule is Cn1c(-c2cc3ccc4c(c3n2CC2CC2)CCNC4)nc2cc(C=O)cc(F)c21. The number of fused-ring (bicyclic) bond motifs is 4. The molecule has 6 rings (SSSR count). The van der Waals surface area contributed by atoms with Gasteiger partial charge in [-0.3, -0.25) is 4.79 Å². The third-order valence-corrected chi connectivity index (χ3v) is 6.58. The number of nitrogens with zero attached hydrogens (tertiary/aromatic N) is 3. The van der Waals surface area contributed by atoms with Crippen LogP contribution in [0, 0.1) is 11.7 Å². The summed E-state index contributed by atoms with van der Waals surface area (Å²) in [5, 5.41) is 4.68. The minimum absolute atomic E-state index is 0.310. The Labute approximate surface area is 173 Å². The van der Waals surface area contributed by atoms with Gasteiger partial charge in [-0.25, -0.2) is 9.37 Å². The number of halogens is 1. The third kappa shape index (κ3) is 2.63. The molecule has 1 saturated carbocycles. The molecule has 0 amide bonds. The summed E-state index contributed by atoms with van der Waals surface area (Å²) in [5.41, 5.74) is 6.37. The van der Waals surface area contributed by atoms with E-state index < -0.39 is 5.82 Å². The molecule has 2 aliphatic rings. The first-order chi connectivity index (χ1) is 14.6. The first-order valence-electron chi connectivity index (χ1n) is 10.6. The Morgan fingerprint density at radius 1 is 1.23 bits per heavy atom. The summed E-state index contributed by atoms with van der Waals surface area (Å²) >= 11 is 0. The zero-order chi connectivity index (χ0) is 20.4. The van der Waals surface area contributed by atoms with Crippen LogP contribution in [-0.2, 0) is 26.6 Å². The van der Waals surface area contributed by atoms with E-state index in [-0.39, 0.29) is 0 Å². The van der Waals surface area contributed by atoms with Crippen LogP contribution in [0.4, 0.5) is 4.39 Å². The lowest BCUT2D eigenvalue weighted by atomic mass is 9.98. The molecule has 6 heteroatoms. The molecular weight excluding hydrogens is 379 g/mol. The number of carbonyl (C=O) groups excluding carboxylic acids is 1. The van der Waals surface area contributed by atoms with Crippen molar-refractivity contribution in [1.82, 2.24) is 19.4 Å². The molecule has 1 aliphatic heterocycles. The number of imidazole rings is 1. The number of aromatic nitrogens is 3. The highest BCUT2D eigenvalue weighted by Gasteiger charge is 2.27. The van der Waals surface area contributed by atoms with Gasteiger partial charge in [0.15, 0.2) is 5.82 Å². The van der Waals surface area contributed by atoms with E-state index >= 15 is 0 Å². The van der Waals surface area contributed by atoms with E-state index in [9.17, 15) is 9.18 Å². The Morgan fingerprint density at radius 3 is 2.90 bits per heavy atom. The van der Waals surface area contributed by atoms with Gasteiger partial charge < -0.3 is 14.5 Å². The van der Waals surface area contributed by atoms with Crippen LogP contribution >= 0.6 is 0 Å². The van der Waals surface area contributed by atoms with Crippen LogP contribution in [0.3, 0.4) is 0 Å². The Kier molecular flexibility index (Phi) is 3.87. The smallest absolute Gasteiger partial charge is 0.157 e. The fraction of sp³-hybridized carbons (Fsp3) is 0.333. The number of benzene rings is 2.